The predicted octanol–water partition coefficient (Wildman–Crippen LogP) is 3.42. The molecule has 4 N–H and O–H groups in total. The van der Waals surface area contributed by atoms with Crippen molar-refractivity contribution in [2.24, 2.45) is 10.9 Å². The fraction of sp³-hybridized carbons (Fsp3) is 0.133. The average molecular weight is 308 g/mol. The number of nitrogens with two attached hydrogens (primary N) is 1. The molecule has 4 nitrogen and oxygen atoms in total. The molecule has 0 bridgehead atoms. The molecule has 2 rings (SSSR count). The third-order valence-electron chi connectivity index (χ3n) is 3.10. The van der Waals surface area contributed by atoms with Gasteiger partial charge in [0, 0.05) is 6.54 Å². The number of anilines is 1. The second-order valence-corrected chi connectivity index (χ2v) is 4.90. The van der Waals surface area contributed by atoms with Crippen LogP contribution in [-0.2, 0) is 0 Å². The first kappa shape index (κ1) is 15.1. The van der Waals surface area contributed by atoms with Gasteiger partial charge in [0.1, 0.15) is 11.7 Å². The highest BCUT2D eigenvalue weighted by atomic mass is 35.5. The number of halogens is 2. The van der Waals surface area contributed by atoms with Crippen molar-refractivity contribution in [3.63, 3.8) is 0 Å². The van der Waals surface area contributed by atoms with Crippen LogP contribution in [0, 0.1) is 5.82 Å². The lowest BCUT2D eigenvalue weighted by Gasteiger charge is -2.18. The molecule has 6 heteroatoms. The molecule has 21 heavy (non-hydrogen) atoms. The Hall–Kier alpha value is -2.27. The van der Waals surface area contributed by atoms with E-state index >= 15 is 0 Å². The Morgan fingerprint density at radius 2 is 2.00 bits per heavy atom. The maximum atomic E-state index is 13.2. The van der Waals surface area contributed by atoms with Gasteiger partial charge in [-0.1, -0.05) is 47.1 Å². The zero-order valence-electron chi connectivity index (χ0n) is 11.1. The molecule has 0 spiro atoms. The molecule has 0 aromatic heterocycles. The van der Waals surface area contributed by atoms with Gasteiger partial charge in [0.05, 0.1) is 16.6 Å². The van der Waals surface area contributed by atoms with Crippen LogP contribution in [0.4, 0.5) is 10.1 Å². The third-order valence-corrected chi connectivity index (χ3v) is 3.43. The highest BCUT2D eigenvalue weighted by Crippen LogP contribution is 2.24. The van der Waals surface area contributed by atoms with E-state index in [1.54, 1.807) is 0 Å². The smallest absolute Gasteiger partial charge is 0.148 e. The summed E-state index contributed by atoms with van der Waals surface area (Å²) in [7, 11) is 0. The molecule has 0 saturated carbocycles. The number of oxime groups is 1. The monoisotopic (exact) mass is 307 g/mol. The summed E-state index contributed by atoms with van der Waals surface area (Å²) in [6.07, 6.45) is 0. The highest BCUT2D eigenvalue weighted by Gasteiger charge is 2.17. The molecule has 110 valence electrons. The molecule has 0 aliphatic heterocycles. The number of benzene rings is 2. The summed E-state index contributed by atoms with van der Waals surface area (Å²) in [5.41, 5.74) is 7.08. The van der Waals surface area contributed by atoms with Crippen LogP contribution in [0.15, 0.2) is 53.7 Å². The topological polar surface area (TPSA) is 70.6 Å². The molecule has 1 unspecified atom stereocenters. The maximum Gasteiger partial charge on any atom is 0.148 e. The fourth-order valence-electron chi connectivity index (χ4n) is 1.99. The van der Waals surface area contributed by atoms with E-state index in [2.05, 4.69) is 10.5 Å². The van der Waals surface area contributed by atoms with E-state index < -0.39 is 0 Å². The Kier molecular flexibility index (Phi) is 5.00. The van der Waals surface area contributed by atoms with Crippen molar-refractivity contribution in [2.75, 3.05) is 11.9 Å². The minimum Gasteiger partial charge on any atom is -0.409 e. The van der Waals surface area contributed by atoms with Gasteiger partial charge in [-0.25, -0.2) is 4.39 Å². The van der Waals surface area contributed by atoms with Gasteiger partial charge < -0.3 is 16.3 Å². The molecule has 0 heterocycles. The van der Waals surface area contributed by atoms with Gasteiger partial charge in [-0.05, 0) is 23.8 Å². The van der Waals surface area contributed by atoms with Crippen LogP contribution in [0.1, 0.15) is 11.5 Å². The molecule has 1 atom stereocenters. The van der Waals surface area contributed by atoms with Gasteiger partial charge in [-0.3, -0.25) is 0 Å². The Bertz CT molecular complexity index is 634. The van der Waals surface area contributed by atoms with Crippen LogP contribution in [0.5, 0.6) is 0 Å². The Morgan fingerprint density at radius 3 is 2.67 bits per heavy atom. The zero-order valence-corrected chi connectivity index (χ0v) is 11.9. The van der Waals surface area contributed by atoms with Crippen molar-refractivity contribution in [2.45, 2.75) is 5.92 Å². The fourth-order valence-corrected chi connectivity index (χ4v) is 2.18. The number of nitrogens with zero attached hydrogens (tertiary/aromatic N) is 1. The molecule has 0 aliphatic carbocycles. The van der Waals surface area contributed by atoms with Crippen LogP contribution in [0.25, 0.3) is 0 Å². The maximum absolute atomic E-state index is 13.2. The number of hydrogen-bond donors (Lipinski definition) is 3. The van der Waals surface area contributed by atoms with Crippen LogP contribution < -0.4 is 11.1 Å². The lowest BCUT2D eigenvalue weighted by atomic mass is 9.98. The first-order valence-electron chi connectivity index (χ1n) is 6.33. The van der Waals surface area contributed by atoms with E-state index in [0.717, 1.165) is 5.56 Å². The largest absolute Gasteiger partial charge is 0.409 e. The molecule has 0 saturated heterocycles. The lowest BCUT2D eigenvalue weighted by Crippen LogP contribution is -2.28. The van der Waals surface area contributed by atoms with Gasteiger partial charge in [-0.2, -0.15) is 0 Å². The number of nitrogens with one attached hydrogen (secondary N) is 1. The Labute approximate surface area is 127 Å². The van der Waals surface area contributed by atoms with Gasteiger partial charge in [0.25, 0.3) is 0 Å². The van der Waals surface area contributed by atoms with Crippen LogP contribution in [-0.4, -0.2) is 17.6 Å². The second-order valence-electron chi connectivity index (χ2n) is 4.49. The van der Waals surface area contributed by atoms with E-state index in [1.807, 2.05) is 30.3 Å². The molecular weight excluding hydrogens is 293 g/mol. The van der Waals surface area contributed by atoms with Crippen LogP contribution in [0.3, 0.4) is 0 Å². The Balaban J connectivity index is 2.19. The normalized spacial score (nSPS) is 13.0. The molecule has 0 radical (unpaired) electrons. The summed E-state index contributed by atoms with van der Waals surface area (Å²) >= 11 is 6.00. The summed E-state index contributed by atoms with van der Waals surface area (Å²) in [5.74, 6) is -0.668. The van der Waals surface area contributed by atoms with Crippen molar-refractivity contribution in [3.8, 4) is 0 Å². The predicted molar refractivity (Wildman–Crippen MR) is 82.5 cm³/mol. The van der Waals surface area contributed by atoms with Gasteiger partial charge in [-0.15, -0.1) is 0 Å². The molecule has 2 aromatic carbocycles. The first-order valence-corrected chi connectivity index (χ1v) is 6.71. The lowest BCUT2D eigenvalue weighted by molar-refractivity contribution is 0.316. The zero-order chi connectivity index (χ0) is 15.2. The van der Waals surface area contributed by atoms with Gasteiger partial charge in [0.15, 0.2) is 0 Å². The van der Waals surface area contributed by atoms with E-state index in [9.17, 15) is 4.39 Å². The Morgan fingerprint density at radius 1 is 1.29 bits per heavy atom. The van der Waals surface area contributed by atoms with E-state index in [1.165, 1.54) is 18.2 Å². The second kappa shape index (κ2) is 6.95. The molecule has 0 fully saturated rings. The summed E-state index contributed by atoms with van der Waals surface area (Å²) in [6.45, 7) is 0.322. The molecule has 2 aromatic rings. The van der Waals surface area contributed by atoms with Crippen molar-refractivity contribution >= 4 is 23.1 Å². The van der Waals surface area contributed by atoms with Crippen molar-refractivity contribution in [1.82, 2.24) is 0 Å². The van der Waals surface area contributed by atoms with E-state index in [0.29, 0.717) is 17.3 Å². The van der Waals surface area contributed by atoms with Crippen molar-refractivity contribution in [3.05, 3.63) is 64.9 Å². The van der Waals surface area contributed by atoms with Gasteiger partial charge >= 0.3 is 0 Å². The van der Waals surface area contributed by atoms with E-state index in [-0.39, 0.29) is 17.6 Å². The number of rotatable bonds is 5. The molecule has 0 amide bonds. The standard InChI is InChI=1S/C15H15ClFN3O/c16-13-7-6-11(17)8-14(13)19-9-12(15(18)20-21)10-4-2-1-3-5-10/h1-8,12,19,21H,9H2,(H2,18,20). The van der Waals surface area contributed by atoms with Gasteiger partial charge in [0.2, 0.25) is 0 Å². The first-order chi connectivity index (χ1) is 10.1. The minimum atomic E-state index is -0.387. The number of amidine groups is 1. The SMILES string of the molecule is N/C(=N/O)C(CNc1cc(F)ccc1Cl)c1ccccc1. The quantitative estimate of drug-likeness (QED) is 0.343. The minimum absolute atomic E-state index is 0.0706. The van der Waals surface area contributed by atoms with Crippen molar-refractivity contribution in [1.29, 1.82) is 0 Å². The van der Waals surface area contributed by atoms with Crippen LogP contribution >= 0.6 is 11.6 Å². The molecule has 0 aliphatic rings. The van der Waals surface area contributed by atoms with Crippen LogP contribution in [0.2, 0.25) is 5.02 Å². The molecular formula is C15H15ClFN3O. The summed E-state index contributed by atoms with van der Waals surface area (Å²) in [6, 6.07) is 13.4. The van der Waals surface area contributed by atoms with E-state index in [4.69, 9.17) is 22.5 Å². The number of hydrogen-bond acceptors (Lipinski definition) is 3. The summed E-state index contributed by atoms with van der Waals surface area (Å²) in [5, 5.41) is 15.4. The average Bonchev–Trinajstić information content (AvgIpc) is 2.51. The van der Waals surface area contributed by atoms with Crippen molar-refractivity contribution < 1.29 is 9.60 Å². The third kappa shape index (κ3) is 3.86. The highest BCUT2D eigenvalue weighted by molar-refractivity contribution is 6.33. The summed E-state index contributed by atoms with van der Waals surface area (Å²) < 4.78 is 13.2. The summed E-state index contributed by atoms with van der Waals surface area (Å²) in [4.78, 5) is 0.